The molecule has 9 aromatic rings. The quantitative estimate of drug-likeness (QED) is 0.186. The average Bonchev–Trinajstić information content (AvgIpc) is 3.52. The molecule has 2 aliphatic rings. The second-order valence-electron chi connectivity index (χ2n) is 13.2. The summed E-state index contributed by atoms with van der Waals surface area (Å²) in [4.78, 5) is 4.51. The van der Waals surface area contributed by atoms with E-state index in [0.717, 1.165) is 78.5 Å². The van der Waals surface area contributed by atoms with E-state index in [1.807, 2.05) is 54.6 Å². The van der Waals surface area contributed by atoms with Crippen LogP contribution in [0.2, 0.25) is 0 Å². The summed E-state index contributed by atoms with van der Waals surface area (Å²) >= 11 is 0. The molecule has 1 aromatic heterocycles. The number of halogens is 1. The number of nitrogens with zero attached hydrogens (tertiary/aromatic N) is 3. The minimum Gasteiger partial charge on any atom is -0.453 e. The molecule has 2 aliphatic heterocycles. The topological polar surface area (TPSA) is 29.9 Å². The van der Waals surface area contributed by atoms with Crippen molar-refractivity contribution >= 4 is 66.7 Å². The van der Waals surface area contributed by atoms with Crippen LogP contribution in [0.4, 0.5) is 38.5 Å². The Bertz CT molecular complexity index is 2830. The monoisotopic (exact) mass is 673 g/mol. The van der Waals surface area contributed by atoms with E-state index in [4.69, 9.17) is 9.47 Å². The zero-order valence-electron chi connectivity index (χ0n) is 27.7. The molecule has 246 valence electrons. The van der Waals surface area contributed by atoms with Crippen LogP contribution < -0.4 is 19.3 Å². The van der Waals surface area contributed by atoms with Crippen LogP contribution in [0.3, 0.4) is 0 Å². The van der Waals surface area contributed by atoms with Crippen molar-refractivity contribution in [2.75, 3.05) is 9.80 Å². The lowest BCUT2D eigenvalue weighted by Crippen LogP contribution is -2.21. The largest absolute Gasteiger partial charge is 0.453 e. The first-order chi connectivity index (χ1) is 25.7. The Morgan fingerprint density at radius 2 is 1.04 bits per heavy atom. The molecule has 52 heavy (non-hydrogen) atoms. The maximum absolute atomic E-state index is 14.0. The summed E-state index contributed by atoms with van der Waals surface area (Å²) in [5.41, 5.74) is 8.66. The van der Waals surface area contributed by atoms with Crippen LogP contribution >= 0.6 is 0 Å². The number of aromatic nitrogens is 1. The number of para-hydroxylation sites is 5. The molecule has 0 amide bonds. The molecule has 0 unspecified atom stereocenters. The van der Waals surface area contributed by atoms with Gasteiger partial charge in [0.25, 0.3) is 0 Å². The van der Waals surface area contributed by atoms with Crippen LogP contribution in [0.1, 0.15) is 0 Å². The van der Waals surface area contributed by atoms with E-state index in [-0.39, 0.29) is 5.82 Å². The van der Waals surface area contributed by atoms with Gasteiger partial charge >= 0.3 is 0 Å². The minimum atomic E-state index is -0.259. The van der Waals surface area contributed by atoms with Gasteiger partial charge in [0.1, 0.15) is 11.5 Å². The van der Waals surface area contributed by atoms with Crippen LogP contribution in [0.25, 0.3) is 38.3 Å². The molecular formula is C46H28FN3O2. The molecule has 8 aromatic carbocycles. The van der Waals surface area contributed by atoms with Crippen LogP contribution in [-0.4, -0.2) is 4.57 Å². The van der Waals surface area contributed by atoms with E-state index in [1.165, 1.54) is 17.5 Å². The molecule has 0 spiro atoms. The fourth-order valence-corrected chi connectivity index (χ4v) is 7.87. The highest BCUT2D eigenvalue weighted by Gasteiger charge is 2.35. The maximum Gasteiger partial charge on any atom is 0.157 e. The van der Waals surface area contributed by atoms with Crippen molar-refractivity contribution < 1.29 is 13.9 Å². The molecule has 0 saturated carbocycles. The van der Waals surface area contributed by atoms with Crippen molar-refractivity contribution in [1.82, 2.24) is 4.57 Å². The maximum atomic E-state index is 14.0. The molecule has 0 N–H and O–H groups in total. The van der Waals surface area contributed by atoms with Crippen molar-refractivity contribution in [3.63, 3.8) is 0 Å². The lowest BCUT2D eigenvalue weighted by atomic mass is 10.0. The van der Waals surface area contributed by atoms with E-state index >= 15 is 0 Å². The van der Waals surface area contributed by atoms with Crippen LogP contribution in [0.15, 0.2) is 170 Å². The van der Waals surface area contributed by atoms with Gasteiger partial charge in [-0.3, -0.25) is 4.90 Å². The van der Waals surface area contributed by atoms with Crippen LogP contribution in [-0.2, 0) is 0 Å². The van der Waals surface area contributed by atoms with Gasteiger partial charge in [-0.05, 0) is 95.7 Å². The second kappa shape index (κ2) is 11.0. The molecule has 0 aliphatic carbocycles. The Hall–Kier alpha value is -7.05. The smallest absolute Gasteiger partial charge is 0.157 e. The number of hydrogen-bond acceptors (Lipinski definition) is 4. The number of hydrogen-bond donors (Lipinski definition) is 0. The summed E-state index contributed by atoms with van der Waals surface area (Å²) in [5.74, 6) is 2.72. The normalized spacial score (nSPS) is 12.6. The van der Waals surface area contributed by atoms with Crippen molar-refractivity contribution in [2.45, 2.75) is 0 Å². The van der Waals surface area contributed by atoms with Gasteiger partial charge < -0.3 is 18.9 Å². The number of benzene rings is 8. The third-order valence-electron chi connectivity index (χ3n) is 10.1. The molecule has 0 atom stereocenters. The van der Waals surface area contributed by atoms with Crippen molar-refractivity contribution in [2.24, 2.45) is 0 Å². The first-order valence-electron chi connectivity index (χ1n) is 17.3. The molecular weight excluding hydrogens is 646 g/mol. The summed E-state index contributed by atoms with van der Waals surface area (Å²) in [6.45, 7) is 0. The first-order valence-corrected chi connectivity index (χ1v) is 17.3. The van der Waals surface area contributed by atoms with Gasteiger partial charge in [0.15, 0.2) is 23.0 Å². The highest BCUT2D eigenvalue weighted by atomic mass is 19.1. The summed E-state index contributed by atoms with van der Waals surface area (Å²) in [6.07, 6.45) is 0. The zero-order chi connectivity index (χ0) is 34.3. The first kappa shape index (κ1) is 28.8. The zero-order valence-corrected chi connectivity index (χ0v) is 27.7. The van der Waals surface area contributed by atoms with Gasteiger partial charge in [0, 0.05) is 40.0 Å². The fraction of sp³-hybridized carbons (Fsp3) is 0. The lowest BCUT2D eigenvalue weighted by molar-refractivity contribution is 0.446. The van der Waals surface area contributed by atoms with Crippen molar-refractivity contribution in [1.29, 1.82) is 0 Å². The molecule has 0 bridgehead atoms. The molecule has 6 heteroatoms. The van der Waals surface area contributed by atoms with Gasteiger partial charge in [-0.15, -0.1) is 0 Å². The lowest BCUT2D eigenvalue weighted by Gasteiger charge is -2.38. The number of ether oxygens (including phenoxy) is 2. The van der Waals surface area contributed by atoms with E-state index in [2.05, 4.69) is 117 Å². The Labute approximate surface area is 298 Å². The third-order valence-corrected chi connectivity index (χ3v) is 10.1. The summed E-state index contributed by atoms with van der Waals surface area (Å²) in [5, 5.41) is 4.50. The van der Waals surface area contributed by atoms with E-state index in [1.54, 1.807) is 0 Å². The summed E-state index contributed by atoms with van der Waals surface area (Å²) in [7, 11) is 0. The number of anilines is 6. The van der Waals surface area contributed by atoms with Gasteiger partial charge in [-0.2, -0.15) is 0 Å². The standard InChI is InChI=1S/C46H28FN3O2/c47-31-18-21-32(22-19-31)49-38-12-4-3-11-36(38)37-26-34(23-24-39(37)49)48(33-20-17-29-9-1-2-10-30(29)25-33)35-27-44-46-45(28-35)52-43-16-8-6-14-41(43)50(46)40-13-5-7-15-42(40)51-44/h1-28H. The van der Waals surface area contributed by atoms with Crippen molar-refractivity contribution in [3.8, 4) is 28.7 Å². The van der Waals surface area contributed by atoms with Gasteiger partial charge in [0.2, 0.25) is 0 Å². The highest BCUT2D eigenvalue weighted by Crippen LogP contribution is 2.61. The van der Waals surface area contributed by atoms with Crippen molar-refractivity contribution in [3.05, 3.63) is 176 Å². The second-order valence-corrected chi connectivity index (χ2v) is 13.2. The molecule has 0 fully saturated rings. The molecule has 3 heterocycles. The van der Waals surface area contributed by atoms with Gasteiger partial charge in [-0.1, -0.05) is 72.8 Å². The molecule has 0 radical (unpaired) electrons. The molecule has 5 nitrogen and oxygen atoms in total. The van der Waals surface area contributed by atoms with Gasteiger partial charge in [0.05, 0.1) is 28.1 Å². The van der Waals surface area contributed by atoms with E-state index in [9.17, 15) is 4.39 Å². The average molecular weight is 674 g/mol. The Balaban J connectivity index is 1.15. The van der Waals surface area contributed by atoms with E-state index < -0.39 is 0 Å². The number of fused-ring (bicyclic) bond motifs is 8. The summed E-state index contributed by atoms with van der Waals surface area (Å²) < 4.78 is 29.6. The van der Waals surface area contributed by atoms with Gasteiger partial charge in [-0.25, -0.2) is 4.39 Å². The SMILES string of the molecule is Fc1ccc(-n2c3ccccc3c3cc(N(c4cc5c6c(c4)Oc4ccccc4N6c4ccccc4O5)c4ccc5ccccc5c4)ccc32)cc1. The summed E-state index contributed by atoms with van der Waals surface area (Å²) in [6, 6.07) is 57.0. The van der Waals surface area contributed by atoms with Crippen LogP contribution in [0.5, 0.6) is 23.0 Å². The predicted octanol–water partition coefficient (Wildman–Crippen LogP) is 13.2. The Kier molecular flexibility index (Phi) is 6.07. The van der Waals surface area contributed by atoms with E-state index in [0.29, 0.717) is 11.5 Å². The molecule has 11 rings (SSSR count). The predicted molar refractivity (Wildman–Crippen MR) is 208 cm³/mol. The Morgan fingerprint density at radius 3 is 1.79 bits per heavy atom. The number of rotatable bonds is 4. The van der Waals surface area contributed by atoms with Crippen LogP contribution in [0, 0.1) is 5.82 Å². The Morgan fingerprint density at radius 1 is 0.442 bits per heavy atom. The highest BCUT2D eigenvalue weighted by molar-refractivity contribution is 6.11. The third kappa shape index (κ3) is 4.28. The minimum absolute atomic E-state index is 0.259. The fourth-order valence-electron chi connectivity index (χ4n) is 7.87. The molecule has 0 saturated heterocycles.